The highest BCUT2D eigenvalue weighted by molar-refractivity contribution is 5.82. The number of oxime groups is 1. The largest absolute Gasteiger partial charge is 0.507 e. The van der Waals surface area contributed by atoms with E-state index in [0.29, 0.717) is 5.56 Å². The molecule has 1 rings (SSSR count). The summed E-state index contributed by atoms with van der Waals surface area (Å²) >= 11 is 0. The average molecular weight is 165 g/mol. The molecule has 0 aliphatic carbocycles. The van der Waals surface area contributed by atoms with E-state index in [9.17, 15) is 5.11 Å². The summed E-state index contributed by atoms with van der Waals surface area (Å²) in [5.74, 6) is 0.146. The van der Waals surface area contributed by atoms with E-state index < -0.39 is 0 Å². The molecule has 1 aromatic carbocycles. The number of aromatic hydroxyl groups is 1. The Bertz CT molecular complexity index is 295. The summed E-state index contributed by atoms with van der Waals surface area (Å²) in [6, 6.07) is 5.27. The van der Waals surface area contributed by atoms with Crippen molar-refractivity contribution < 1.29 is 10.3 Å². The number of rotatable bonds is 2. The van der Waals surface area contributed by atoms with Crippen molar-refractivity contribution in [2.45, 2.75) is 13.3 Å². The molecular formula is C9H11NO2. The molecule has 0 atom stereocenters. The molecule has 0 aliphatic heterocycles. The van der Waals surface area contributed by atoms with Crippen molar-refractivity contribution in [2.75, 3.05) is 0 Å². The fourth-order valence-electron chi connectivity index (χ4n) is 0.981. The molecule has 0 radical (unpaired) electrons. The maximum atomic E-state index is 9.35. The van der Waals surface area contributed by atoms with Crippen molar-refractivity contribution in [2.24, 2.45) is 5.16 Å². The van der Waals surface area contributed by atoms with Gasteiger partial charge >= 0.3 is 0 Å². The molecule has 0 bridgehead atoms. The standard InChI is InChI=1S/C9H11NO2/c1-2-7-3-4-8(6-10-12)9(11)5-7/h3-6,11-12H,2H2,1H3/b10-6+. The van der Waals surface area contributed by atoms with E-state index in [-0.39, 0.29) is 5.75 Å². The minimum absolute atomic E-state index is 0.146. The number of benzene rings is 1. The highest BCUT2D eigenvalue weighted by Crippen LogP contribution is 2.17. The summed E-state index contributed by atoms with van der Waals surface area (Å²) in [6.07, 6.45) is 2.08. The van der Waals surface area contributed by atoms with Crippen LogP contribution >= 0.6 is 0 Å². The smallest absolute Gasteiger partial charge is 0.124 e. The second kappa shape index (κ2) is 3.76. The monoisotopic (exact) mass is 165 g/mol. The second-order valence-electron chi connectivity index (χ2n) is 2.49. The molecule has 0 heterocycles. The Hall–Kier alpha value is -1.51. The van der Waals surface area contributed by atoms with Gasteiger partial charge in [-0.1, -0.05) is 18.1 Å². The molecule has 0 saturated heterocycles. The lowest BCUT2D eigenvalue weighted by Crippen LogP contribution is -1.85. The number of phenols is 1. The van der Waals surface area contributed by atoms with E-state index in [2.05, 4.69) is 5.16 Å². The minimum atomic E-state index is 0.146. The van der Waals surface area contributed by atoms with E-state index in [1.807, 2.05) is 13.0 Å². The molecule has 3 heteroatoms. The third kappa shape index (κ3) is 1.75. The van der Waals surface area contributed by atoms with Crippen LogP contribution in [0, 0.1) is 0 Å². The van der Waals surface area contributed by atoms with Crippen molar-refractivity contribution in [1.29, 1.82) is 0 Å². The van der Waals surface area contributed by atoms with Gasteiger partial charge in [-0.15, -0.1) is 0 Å². The Labute approximate surface area is 71.0 Å². The van der Waals surface area contributed by atoms with Gasteiger partial charge in [0.15, 0.2) is 0 Å². The van der Waals surface area contributed by atoms with Gasteiger partial charge in [0.25, 0.3) is 0 Å². The summed E-state index contributed by atoms with van der Waals surface area (Å²) in [6.45, 7) is 2.01. The van der Waals surface area contributed by atoms with Crippen LogP contribution in [0.25, 0.3) is 0 Å². The molecule has 0 saturated carbocycles. The van der Waals surface area contributed by atoms with Gasteiger partial charge in [-0.25, -0.2) is 0 Å². The van der Waals surface area contributed by atoms with Crippen molar-refractivity contribution in [1.82, 2.24) is 0 Å². The predicted octanol–water partition coefficient (Wildman–Crippen LogP) is 1.76. The van der Waals surface area contributed by atoms with Gasteiger partial charge in [-0.2, -0.15) is 0 Å². The van der Waals surface area contributed by atoms with Gasteiger partial charge in [-0.3, -0.25) is 0 Å². The third-order valence-electron chi connectivity index (χ3n) is 1.70. The van der Waals surface area contributed by atoms with Gasteiger partial charge in [0.05, 0.1) is 6.21 Å². The van der Waals surface area contributed by atoms with Gasteiger partial charge in [0.2, 0.25) is 0 Å². The lowest BCUT2D eigenvalue weighted by Gasteiger charge is -2.00. The number of hydrogen-bond acceptors (Lipinski definition) is 3. The lowest BCUT2D eigenvalue weighted by molar-refractivity contribution is 0.321. The third-order valence-corrected chi connectivity index (χ3v) is 1.70. The predicted molar refractivity (Wildman–Crippen MR) is 46.9 cm³/mol. The molecule has 0 unspecified atom stereocenters. The Morgan fingerprint density at radius 2 is 2.25 bits per heavy atom. The van der Waals surface area contributed by atoms with Crippen LogP contribution in [0.4, 0.5) is 0 Å². The van der Waals surface area contributed by atoms with Crippen LogP contribution in [0.5, 0.6) is 5.75 Å². The van der Waals surface area contributed by atoms with Crippen LogP contribution in [-0.4, -0.2) is 16.5 Å². The zero-order valence-electron chi connectivity index (χ0n) is 6.86. The van der Waals surface area contributed by atoms with Gasteiger partial charge < -0.3 is 10.3 Å². The second-order valence-corrected chi connectivity index (χ2v) is 2.49. The molecule has 0 fully saturated rings. The SMILES string of the molecule is CCc1ccc(/C=N/O)c(O)c1. The molecule has 2 N–H and O–H groups in total. The Balaban J connectivity index is 3.03. The van der Waals surface area contributed by atoms with E-state index in [0.717, 1.165) is 12.0 Å². The maximum absolute atomic E-state index is 9.35. The van der Waals surface area contributed by atoms with Gasteiger partial charge in [0.1, 0.15) is 5.75 Å². The first kappa shape index (κ1) is 8.59. The Morgan fingerprint density at radius 1 is 1.50 bits per heavy atom. The molecule has 0 amide bonds. The molecule has 1 aromatic rings. The highest BCUT2D eigenvalue weighted by atomic mass is 16.4. The first-order valence-corrected chi connectivity index (χ1v) is 3.77. The van der Waals surface area contributed by atoms with Crippen LogP contribution in [0.2, 0.25) is 0 Å². The fraction of sp³-hybridized carbons (Fsp3) is 0.222. The van der Waals surface area contributed by atoms with Gasteiger partial charge in [-0.05, 0) is 24.1 Å². The Kier molecular flexibility index (Phi) is 2.69. The number of hydrogen-bond donors (Lipinski definition) is 2. The van der Waals surface area contributed by atoms with Gasteiger partial charge in [0, 0.05) is 5.56 Å². The minimum Gasteiger partial charge on any atom is -0.507 e. The lowest BCUT2D eigenvalue weighted by atomic mass is 10.1. The zero-order chi connectivity index (χ0) is 8.97. The van der Waals surface area contributed by atoms with E-state index in [1.165, 1.54) is 6.21 Å². The number of nitrogens with zero attached hydrogens (tertiary/aromatic N) is 1. The van der Waals surface area contributed by atoms with Crippen LogP contribution < -0.4 is 0 Å². The molecule has 0 aliphatic rings. The first-order valence-electron chi connectivity index (χ1n) is 3.77. The number of aryl methyl sites for hydroxylation is 1. The van der Waals surface area contributed by atoms with Crippen LogP contribution in [0.15, 0.2) is 23.4 Å². The molecule has 12 heavy (non-hydrogen) atoms. The summed E-state index contributed by atoms with van der Waals surface area (Å²) in [5, 5.41) is 20.4. The first-order chi connectivity index (χ1) is 5.77. The van der Waals surface area contributed by atoms with E-state index in [1.54, 1.807) is 12.1 Å². The molecular weight excluding hydrogens is 154 g/mol. The number of phenolic OH excluding ortho intramolecular Hbond substituents is 1. The summed E-state index contributed by atoms with van der Waals surface area (Å²) in [5.41, 5.74) is 1.58. The summed E-state index contributed by atoms with van der Waals surface area (Å²) in [4.78, 5) is 0. The zero-order valence-corrected chi connectivity index (χ0v) is 6.86. The summed E-state index contributed by atoms with van der Waals surface area (Å²) in [7, 11) is 0. The fourth-order valence-corrected chi connectivity index (χ4v) is 0.981. The van der Waals surface area contributed by atoms with Crippen LogP contribution in [0.1, 0.15) is 18.1 Å². The molecule has 0 spiro atoms. The average Bonchev–Trinajstić information content (AvgIpc) is 2.09. The van der Waals surface area contributed by atoms with Crippen molar-refractivity contribution in [3.05, 3.63) is 29.3 Å². The van der Waals surface area contributed by atoms with Crippen molar-refractivity contribution in [3.63, 3.8) is 0 Å². The Morgan fingerprint density at radius 3 is 2.75 bits per heavy atom. The van der Waals surface area contributed by atoms with E-state index >= 15 is 0 Å². The molecule has 64 valence electrons. The van der Waals surface area contributed by atoms with Crippen LogP contribution in [0.3, 0.4) is 0 Å². The van der Waals surface area contributed by atoms with E-state index in [4.69, 9.17) is 5.21 Å². The quantitative estimate of drug-likeness (QED) is 0.398. The van der Waals surface area contributed by atoms with Crippen LogP contribution in [-0.2, 0) is 6.42 Å². The summed E-state index contributed by atoms with van der Waals surface area (Å²) < 4.78 is 0. The molecule has 0 aromatic heterocycles. The van der Waals surface area contributed by atoms with Crippen molar-refractivity contribution >= 4 is 6.21 Å². The van der Waals surface area contributed by atoms with Crippen molar-refractivity contribution in [3.8, 4) is 5.75 Å². The molecule has 3 nitrogen and oxygen atoms in total. The topological polar surface area (TPSA) is 52.8 Å². The normalized spacial score (nSPS) is 10.8. The highest BCUT2D eigenvalue weighted by Gasteiger charge is 1.98. The maximum Gasteiger partial charge on any atom is 0.124 e.